The standard InChI is InChI=1S/C7H10P.2ClH.Zr/c1-5-4-6(2)8-7(5)3;;;/h8H,1-3H3;2*1H;/q-1;;;+3/p-2. The summed E-state index contributed by atoms with van der Waals surface area (Å²) >= 11 is 0. The molecule has 4 heteroatoms. The molecule has 1 atom stereocenters. The van der Waals surface area contributed by atoms with E-state index in [1.165, 1.54) is 16.2 Å². The maximum Gasteiger partial charge on any atom is 3.00 e. The molecule has 1 rings (SSSR count). The van der Waals surface area contributed by atoms with E-state index in [1.54, 1.807) is 0 Å². The average molecular weight is 287 g/mol. The maximum atomic E-state index is 3.28. The van der Waals surface area contributed by atoms with Crippen molar-refractivity contribution in [2.45, 2.75) is 20.8 Å². The van der Waals surface area contributed by atoms with Gasteiger partial charge in [0.25, 0.3) is 0 Å². The Balaban J connectivity index is -0.000000213. The first-order valence-corrected chi connectivity index (χ1v) is 3.75. The Kier molecular flexibility index (Phi) is 13.0. The fourth-order valence-corrected chi connectivity index (χ4v) is 1.84. The van der Waals surface area contributed by atoms with Crippen LogP contribution in [0.3, 0.4) is 0 Å². The Morgan fingerprint density at radius 3 is 1.64 bits per heavy atom. The SMILES string of the molecule is Cc1[c-]c(C)c(C)[pH]1.[Cl-].[Cl-].[Zr+3]. The van der Waals surface area contributed by atoms with Crippen molar-refractivity contribution in [1.29, 1.82) is 0 Å². The maximum absolute atomic E-state index is 3.28. The second kappa shape index (κ2) is 7.87. The van der Waals surface area contributed by atoms with Crippen molar-refractivity contribution in [2.75, 3.05) is 0 Å². The fraction of sp³-hybridized carbons (Fsp3) is 0.429. The molecular formula is C7H10Cl2PZr. The molecule has 11 heavy (non-hydrogen) atoms. The van der Waals surface area contributed by atoms with E-state index >= 15 is 0 Å². The average Bonchev–Trinajstić information content (AvgIpc) is 1.85. The molecule has 0 amide bonds. The first-order chi connectivity index (χ1) is 3.70. The molecule has 1 radical (unpaired) electrons. The number of rotatable bonds is 0. The van der Waals surface area contributed by atoms with Crippen LogP contribution in [-0.4, -0.2) is 0 Å². The van der Waals surface area contributed by atoms with Crippen molar-refractivity contribution in [1.82, 2.24) is 0 Å². The summed E-state index contributed by atoms with van der Waals surface area (Å²) in [6.45, 7) is 6.44. The fourth-order valence-electron chi connectivity index (χ4n) is 0.781. The molecular weight excluding hydrogens is 277 g/mol. The Morgan fingerprint density at radius 2 is 1.55 bits per heavy atom. The minimum Gasteiger partial charge on any atom is -1.00 e. The smallest absolute Gasteiger partial charge is 1.00 e. The van der Waals surface area contributed by atoms with Gasteiger partial charge >= 0.3 is 26.2 Å². The number of hydrogen-bond donors (Lipinski definition) is 0. The summed E-state index contributed by atoms with van der Waals surface area (Å²) < 4.78 is 0. The second-order valence-electron chi connectivity index (χ2n) is 2.12. The number of hydrogen-bond acceptors (Lipinski definition) is 0. The quantitative estimate of drug-likeness (QED) is 0.434. The van der Waals surface area contributed by atoms with Gasteiger partial charge < -0.3 is 24.8 Å². The monoisotopic (exact) mass is 285 g/mol. The Morgan fingerprint density at radius 1 is 1.09 bits per heavy atom. The van der Waals surface area contributed by atoms with Crippen LogP contribution in [-0.2, 0) is 26.2 Å². The van der Waals surface area contributed by atoms with Gasteiger partial charge in [0.05, 0.1) is 0 Å². The van der Waals surface area contributed by atoms with E-state index < -0.39 is 0 Å². The Hall–Kier alpha value is 1.24. The molecule has 0 aliphatic rings. The molecule has 0 saturated carbocycles. The van der Waals surface area contributed by atoms with Crippen molar-refractivity contribution >= 4 is 8.19 Å². The van der Waals surface area contributed by atoms with E-state index in [2.05, 4.69) is 26.8 Å². The van der Waals surface area contributed by atoms with E-state index in [9.17, 15) is 0 Å². The van der Waals surface area contributed by atoms with Gasteiger partial charge in [0.1, 0.15) is 0 Å². The van der Waals surface area contributed by atoms with Crippen molar-refractivity contribution in [3.05, 3.63) is 22.2 Å². The van der Waals surface area contributed by atoms with Gasteiger partial charge in [-0.05, 0) is 0 Å². The van der Waals surface area contributed by atoms with Crippen LogP contribution in [0.1, 0.15) is 16.2 Å². The summed E-state index contributed by atoms with van der Waals surface area (Å²) in [6, 6.07) is 3.28. The molecule has 0 aliphatic heterocycles. The van der Waals surface area contributed by atoms with Gasteiger partial charge in [0.15, 0.2) is 0 Å². The minimum absolute atomic E-state index is 0. The molecule has 0 saturated heterocycles. The first kappa shape index (κ1) is 18.1. The van der Waals surface area contributed by atoms with Crippen molar-refractivity contribution in [2.24, 2.45) is 0 Å². The summed E-state index contributed by atoms with van der Waals surface area (Å²) in [6.07, 6.45) is 0. The third kappa shape index (κ3) is 5.48. The topological polar surface area (TPSA) is 0 Å². The molecule has 1 unspecified atom stereocenters. The molecule has 0 spiro atoms. The van der Waals surface area contributed by atoms with Gasteiger partial charge in [0.2, 0.25) is 0 Å². The third-order valence-corrected chi connectivity index (χ3v) is 2.56. The molecule has 0 N–H and O–H groups in total. The predicted molar refractivity (Wildman–Crippen MR) is 39.0 cm³/mol. The molecule has 0 aliphatic carbocycles. The van der Waals surface area contributed by atoms with Crippen LogP contribution in [0.4, 0.5) is 0 Å². The minimum atomic E-state index is 0. The zero-order valence-electron chi connectivity index (χ0n) is 6.76. The zero-order chi connectivity index (χ0) is 6.15. The first-order valence-electron chi connectivity index (χ1n) is 2.75. The summed E-state index contributed by atoms with van der Waals surface area (Å²) in [5.41, 5.74) is 1.35. The van der Waals surface area contributed by atoms with Gasteiger partial charge in [-0.25, -0.2) is 19.8 Å². The molecule has 1 aromatic heterocycles. The van der Waals surface area contributed by atoms with E-state index in [4.69, 9.17) is 0 Å². The predicted octanol–water partition coefficient (Wildman–Crippen LogP) is -3.55. The molecule has 0 fully saturated rings. The molecule has 61 valence electrons. The normalized spacial score (nSPS) is 7.91. The molecule has 1 aromatic rings. The Labute approximate surface area is 102 Å². The second-order valence-corrected chi connectivity index (χ2v) is 3.88. The van der Waals surface area contributed by atoms with Crippen LogP contribution in [0.5, 0.6) is 0 Å². The number of halogens is 2. The van der Waals surface area contributed by atoms with E-state index in [0.29, 0.717) is 0 Å². The van der Waals surface area contributed by atoms with E-state index in [-0.39, 0.29) is 51.0 Å². The zero-order valence-corrected chi connectivity index (χ0v) is 11.7. The molecule has 1 heterocycles. The van der Waals surface area contributed by atoms with Crippen LogP contribution in [0.25, 0.3) is 0 Å². The van der Waals surface area contributed by atoms with E-state index in [0.717, 1.165) is 8.19 Å². The molecule has 0 bridgehead atoms. The van der Waals surface area contributed by atoms with Gasteiger partial charge in [-0.1, -0.05) is 13.8 Å². The van der Waals surface area contributed by atoms with Crippen LogP contribution < -0.4 is 24.8 Å². The number of aryl methyl sites for hydroxylation is 3. The van der Waals surface area contributed by atoms with Gasteiger partial charge in [-0.3, -0.25) is 0 Å². The summed E-state index contributed by atoms with van der Waals surface area (Å²) in [5, 5.41) is 2.91. The van der Waals surface area contributed by atoms with Gasteiger partial charge in [-0.2, -0.15) is 5.30 Å². The molecule has 0 aromatic carbocycles. The van der Waals surface area contributed by atoms with Crippen molar-refractivity contribution in [3.8, 4) is 0 Å². The largest absolute Gasteiger partial charge is 3.00 e. The van der Waals surface area contributed by atoms with Crippen molar-refractivity contribution in [3.63, 3.8) is 0 Å². The Bertz CT molecular complexity index is 179. The summed E-state index contributed by atoms with van der Waals surface area (Å²) in [5.74, 6) is 0. The van der Waals surface area contributed by atoms with Gasteiger partial charge in [0, 0.05) is 0 Å². The summed E-state index contributed by atoms with van der Waals surface area (Å²) in [4.78, 5) is 0. The van der Waals surface area contributed by atoms with Crippen LogP contribution in [0.2, 0.25) is 0 Å². The summed E-state index contributed by atoms with van der Waals surface area (Å²) in [7, 11) is 0.922. The molecule has 0 nitrogen and oxygen atoms in total. The van der Waals surface area contributed by atoms with Crippen LogP contribution >= 0.6 is 8.19 Å². The van der Waals surface area contributed by atoms with Crippen LogP contribution in [0.15, 0.2) is 0 Å². The van der Waals surface area contributed by atoms with E-state index in [1.807, 2.05) is 0 Å². The van der Waals surface area contributed by atoms with Crippen LogP contribution in [0, 0.1) is 26.8 Å². The third-order valence-electron chi connectivity index (χ3n) is 1.31. The van der Waals surface area contributed by atoms with Gasteiger partial charge in [-0.15, -0.1) is 12.2 Å². The van der Waals surface area contributed by atoms with Crippen molar-refractivity contribution < 1.29 is 51.0 Å².